The number of unbranched alkanes of at least 4 members (excludes halogenated alkanes) is 8. The minimum atomic E-state index is -0.139. The minimum Gasteiger partial charge on any atom is -0.313 e. The predicted molar refractivity (Wildman–Crippen MR) is 90.0 cm³/mol. The van der Waals surface area contributed by atoms with E-state index in [0.717, 1.165) is 12.0 Å². The van der Waals surface area contributed by atoms with Crippen LogP contribution >= 0.6 is 0 Å². The van der Waals surface area contributed by atoms with Crippen molar-refractivity contribution < 1.29 is 4.39 Å². The molecule has 0 aliphatic rings. The van der Waals surface area contributed by atoms with Gasteiger partial charge in [0.1, 0.15) is 5.82 Å². The van der Waals surface area contributed by atoms with Crippen molar-refractivity contribution in [2.24, 2.45) is 0 Å². The lowest BCUT2D eigenvalue weighted by Crippen LogP contribution is -2.16. The predicted octanol–water partition coefficient (Wildman–Crippen LogP) is 6.01. The van der Waals surface area contributed by atoms with Crippen molar-refractivity contribution in [3.05, 3.63) is 35.6 Å². The fraction of sp³-hybridized carbons (Fsp3) is 0.684. The zero-order valence-electron chi connectivity index (χ0n) is 13.8. The van der Waals surface area contributed by atoms with Gasteiger partial charge in [-0.25, -0.2) is 4.39 Å². The molecule has 0 amide bonds. The first-order valence-corrected chi connectivity index (χ1v) is 8.70. The number of rotatable bonds is 12. The first-order chi connectivity index (χ1) is 10.3. The minimum absolute atomic E-state index is 0.139. The molecular weight excluding hydrogens is 261 g/mol. The van der Waals surface area contributed by atoms with Gasteiger partial charge in [-0.15, -0.1) is 0 Å². The Hall–Kier alpha value is -0.890. The van der Waals surface area contributed by atoms with Crippen molar-refractivity contribution in [2.75, 3.05) is 7.05 Å². The summed E-state index contributed by atoms with van der Waals surface area (Å²) in [5.41, 5.74) is 1.07. The van der Waals surface area contributed by atoms with Crippen molar-refractivity contribution in [2.45, 2.75) is 77.2 Å². The number of benzene rings is 1. The fourth-order valence-electron chi connectivity index (χ4n) is 2.86. The van der Waals surface area contributed by atoms with Crippen LogP contribution in [0.2, 0.25) is 0 Å². The van der Waals surface area contributed by atoms with Crippen molar-refractivity contribution >= 4 is 0 Å². The van der Waals surface area contributed by atoms with E-state index in [0.29, 0.717) is 0 Å². The number of hydrogen-bond donors (Lipinski definition) is 1. The quantitative estimate of drug-likeness (QED) is 0.465. The highest BCUT2D eigenvalue weighted by Crippen LogP contribution is 2.21. The van der Waals surface area contributed by atoms with Crippen molar-refractivity contribution in [3.63, 3.8) is 0 Å². The first-order valence-electron chi connectivity index (χ1n) is 8.70. The molecule has 0 spiro atoms. The van der Waals surface area contributed by atoms with Crippen molar-refractivity contribution in [1.29, 1.82) is 0 Å². The molecule has 0 bridgehead atoms. The molecule has 0 fully saturated rings. The molecule has 0 saturated heterocycles. The molecule has 120 valence electrons. The van der Waals surface area contributed by atoms with Crippen LogP contribution in [0.25, 0.3) is 0 Å². The molecule has 0 heterocycles. The van der Waals surface area contributed by atoms with Gasteiger partial charge in [0.05, 0.1) is 0 Å². The van der Waals surface area contributed by atoms with Gasteiger partial charge < -0.3 is 5.32 Å². The zero-order valence-corrected chi connectivity index (χ0v) is 13.8. The Labute approximate surface area is 130 Å². The van der Waals surface area contributed by atoms with E-state index < -0.39 is 0 Å². The summed E-state index contributed by atoms with van der Waals surface area (Å²) in [5.74, 6) is -0.139. The maximum atomic E-state index is 13.3. The van der Waals surface area contributed by atoms with Crippen LogP contribution in [0, 0.1) is 5.82 Å². The van der Waals surface area contributed by atoms with E-state index in [2.05, 4.69) is 12.2 Å². The SMILES string of the molecule is CCCCCCCCCCCC(NC)c1cccc(F)c1. The third-order valence-electron chi connectivity index (χ3n) is 4.20. The second-order valence-corrected chi connectivity index (χ2v) is 6.01. The van der Waals surface area contributed by atoms with Crippen LogP contribution in [-0.2, 0) is 0 Å². The van der Waals surface area contributed by atoms with Gasteiger partial charge in [0.15, 0.2) is 0 Å². The van der Waals surface area contributed by atoms with Gasteiger partial charge in [-0.2, -0.15) is 0 Å². The Bertz CT molecular complexity index is 364. The molecule has 1 unspecified atom stereocenters. The van der Waals surface area contributed by atoms with Gasteiger partial charge >= 0.3 is 0 Å². The average molecular weight is 293 g/mol. The van der Waals surface area contributed by atoms with Crippen LogP contribution in [0.15, 0.2) is 24.3 Å². The summed E-state index contributed by atoms with van der Waals surface area (Å²) >= 11 is 0. The molecule has 2 heteroatoms. The summed E-state index contributed by atoms with van der Waals surface area (Å²) in [6, 6.07) is 7.25. The van der Waals surface area contributed by atoms with E-state index in [9.17, 15) is 4.39 Å². The first kappa shape index (κ1) is 18.2. The number of halogens is 1. The van der Waals surface area contributed by atoms with Crippen molar-refractivity contribution in [3.8, 4) is 0 Å². The maximum absolute atomic E-state index is 13.3. The van der Waals surface area contributed by atoms with E-state index in [1.807, 2.05) is 13.1 Å². The van der Waals surface area contributed by atoms with E-state index in [4.69, 9.17) is 0 Å². The third kappa shape index (κ3) is 8.21. The summed E-state index contributed by atoms with van der Waals surface area (Å²) in [7, 11) is 1.96. The molecule has 1 rings (SSSR count). The highest BCUT2D eigenvalue weighted by atomic mass is 19.1. The Balaban J connectivity index is 2.10. The molecule has 0 saturated carbocycles. The van der Waals surface area contributed by atoms with Gasteiger partial charge in [0.25, 0.3) is 0 Å². The number of hydrogen-bond acceptors (Lipinski definition) is 1. The Morgan fingerprint density at radius 1 is 0.952 bits per heavy atom. The highest BCUT2D eigenvalue weighted by molar-refractivity contribution is 5.19. The molecular formula is C19H32FN. The molecule has 21 heavy (non-hydrogen) atoms. The lowest BCUT2D eigenvalue weighted by molar-refractivity contribution is 0.491. The lowest BCUT2D eigenvalue weighted by atomic mass is 9.99. The summed E-state index contributed by atoms with van der Waals surface area (Å²) in [4.78, 5) is 0. The van der Waals surface area contributed by atoms with Gasteiger partial charge in [-0.1, -0.05) is 76.8 Å². The number of nitrogens with one attached hydrogen (secondary N) is 1. The van der Waals surface area contributed by atoms with E-state index in [1.54, 1.807) is 12.1 Å². The summed E-state index contributed by atoms with van der Waals surface area (Å²) in [5, 5.41) is 3.30. The molecule has 1 aromatic rings. The smallest absolute Gasteiger partial charge is 0.123 e. The van der Waals surface area contributed by atoms with Gasteiger partial charge in [0.2, 0.25) is 0 Å². The highest BCUT2D eigenvalue weighted by Gasteiger charge is 2.09. The molecule has 0 aromatic heterocycles. The molecule has 0 radical (unpaired) electrons. The van der Waals surface area contributed by atoms with Gasteiger partial charge in [-0.3, -0.25) is 0 Å². The van der Waals surface area contributed by atoms with Crippen LogP contribution in [0.4, 0.5) is 4.39 Å². The van der Waals surface area contributed by atoms with Crippen LogP contribution in [-0.4, -0.2) is 7.05 Å². The molecule has 1 atom stereocenters. The van der Waals surface area contributed by atoms with E-state index in [1.165, 1.54) is 63.9 Å². The molecule has 0 aliphatic heterocycles. The van der Waals surface area contributed by atoms with Crippen molar-refractivity contribution in [1.82, 2.24) is 5.32 Å². The maximum Gasteiger partial charge on any atom is 0.123 e. The van der Waals surface area contributed by atoms with Gasteiger partial charge in [0, 0.05) is 6.04 Å². The zero-order chi connectivity index (χ0) is 15.3. The van der Waals surface area contributed by atoms with Crippen LogP contribution in [0.5, 0.6) is 0 Å². The molecule has 1 aromatic carbocycles. The normalized spacial score (nSPS) is 12.5. The average Bonchev–Trinajstić information content (AvgIpc) is 2.49. The van der Waals surface area contributed by atoms with E-state index >= 15 is 0 Å². The summed E-state index contributed by atoms with van der Waals surface area (Å²) < 4.78 is 13.3. The Morgan fingerprint density at radius 3 is 2.14 bits per heavy atom. The fourth-order valence-corrected chi connectivity index (χ4v) is 2.86. The van der Waals surface area contributed by atoms with E-state index in [-0.39, 0.29) is 11.9 Å². The lowest BCUT2D eigenvalue weighted by Gasteiger charge is -2.16. The largest absolute Gasteiger partial charge is 0.313 e. The second-order valence-electron chi connectivity index (χ2n) is 6.01. The summed E-state index contributed by atoms with van der Waals surface area (Å²) in [6.07, 6.45) is 13.2. The topological polar surface area (TPSA) is 12.0 Å². The molecule has 1 nitrogen and oxygen atoms in total. The second kappa shape index (κ2) is 11.7. The summed E-state index contributed by atoms with van der Waals surface area (Å²) in [6.45, 7) is 2.26. The monoisotopic (exact) mass is 293 g/mol. The van der Waals surface area contributed by atoms with Crippen LogP contribution in [0.3, 0.4) is 0 Å². The molecule has 0 aliphatic carbocycles. The Morgan fingerprint density at radius 2 is 1.57 bits per heavy atom. The van der Waals surface area contributed by atoms with Crippen LogP contribution < -0.4 is 5.32 Å². The van der Waals surface area contributed by atoms with Crippen LogP contribution in [0.1, 0.15) is 82.7 Å². The molecule has 1 N–H and O–H groups in total. The van der Waals surface area contributed by atoms with Gasteiger partial charge in [-0.05, 0) is 31.2 Å². The Kier molecular flexibility index (Phi) is 10.1. The third-order valence-corrected chi connectivity index (χ3v) is 4.20. The standard InChI is InChI=1S/C19H32FN/c1-3-4-5-6-7-8-9-10-11-15-19(21-2)17-13-12-14-18(20)16-17/h12-14,16,19,21H,3-11,15H2,1-2H3.